The molecule has 14 heavy (non-hydrogen) atoms. The van der Waals surface area contributed by atoms with Crippen molar-refractivity contribution >= 4 is 27.5 Å². The van der Waals surface area contributed by atoms with Gasteiger partial charge in [-0.3, -0.25) is 0 Å². The van der Waals surface area contributed by atoms with Gasteiger partial charge in [0.2, 0.25) is 5.88 Å². The fourth-order valence-electron chi connectivity index (χ4n) is 0.826. The normalized spacial score (nSPS) is 12.5. The lowest BCUT2D eigenvalue weighted by molar-refractivity contribution is 0.256. The molecule has 0 spiro atoms. The minimum absolute atomic E-state index is 0.183. The van der Waals surface area contributed by atoms with Crippen molar-refractivity contribution in [3.63, 3.8) is 0 Å². The molecular formula is C9H12BrClN2O. The van der Waals surface area contributed by atoms with Crippen LogP contribution in [0, 0.1) is 5.92 Å². The zero-order valence-corrected chi connectivity index (χ0v) is 9.96. The molecular weight excluding hydrogens is 267 g/mol. The van der Waals surface area contributed by atoms with Crippen LogP contribution in [-0.4, -0.2) is 24.0 Å². The lowest BCUT2D eigenvalue weighted by Gasteiger charge is -2.11. The van der Waals surface area contributed by atoms with Crippen molar-refractivity contribution in [1.29, 1.82) is 0 Å². The van der Waals surface area contributed by atoms with Crippen molar-refractivity contribution in [2.45, 2.75) is 0 Å². The van der Waals surface area contributed by atoms with Gasteiger partial charge >= 0.3 is 0 Å². The molecule has 78 valence electrons. The molecule has 0 fully saturated rings. The lowest BCUT2D eigenvalue weighted by Crippen LogP contribution is -2.23. The summed E-state index contributed by atoms with van der Waals surface area (Å²) in [7, 11) is 0. The number of halogens is 2. The number of aromatic nitrogens is 1. The fourth-order valence-corrected chi connectivity index (χ4v) is 1.28. The van der Waals surface area contributed by atoms with Crippen LogP contribution in [0.4, 0.5) is 0 Å². The predicted molar refractivity (Wildman–Crippen MR) is 60.7 cm³/mol. The zero-order chi connectivity index (χ0) is 10.4. The van der Waals surface area contributed by atoms with Crippen LogP contribution in [0.25, 0.3) is 0 Å². The number of ether oxygens (including phenoxy) is 1. The van der Waals surface area contributed by atoms with Crippen molar-refractivity contribution < 1.29 is 4.74 Å². The van der Waals surface area contributed by atoms with E-state index in [4.69, 9.17) is 22.1 Å². The molecule has 0 aliphatic heterocycles. The molecule has 0 radical (unpaired) electrons. The van der Waals surface area contributed by atoms with Gasteiger partial charge in [-0.1, -0.05) is 0 Å². The van der Waals surface area contributed by atoms with Crippen LogP contribution in [0.2, 0.25) is 0 Å². The average Bonchev–Trinajstić information content (AvgIpc) is 2.22. The maximum absolute atomic E-state index is 5.67. The van der Waals surface area contributed by atoms with Crippen molar-refractivity contribution in [1.82, 2.24) is 4.98 Å². The summed E-state index contributed by atoms with van der Waals surface area (Å²) in [6.45, 7) is 1.04. The number of pyridine rings is 1. The van der Waals surface area contributed by atoms with E-state index in [1.807, 2.05) is 6.07 Å². The van der Waals surface area contributed by atoms with Gasteiger partial charge in [-0.05, 0) is 28.5 Å². The molecule has 0 aromatic carbocycles. The first-order chi connectivity index (χ1) is 6.76. The summed E-state index contributed by atoms with van der Waals surface area (Å²) in [5, 5.41) is 0. The predicted octanol–water partition coefficient (Wildman–Crippen LogP) is 2.04. The number of nitrogens with two attached hydrogens (primary N) is 1. The SMILES string of the molecule is NCC(CCl)COc1ccc(Br)cn1. The van der Waals surface area contributed by atoms with Gasteiger partial charge in [-0.25, -0.2) is 4.98 Å². The molecule has 1 aromatic heterocycles. The first kappa shape index (κ1) is 11.8. The molecule has 0 bridgehead atoms. The standard InChI is InChI=1S/C9H12BrClN2O/c10-8-1-2-9(13-5-8)14-6-7(3-11)4-12/h1-2,5,7H,3-4,6,12H2. The van der Waals surface area contributed by atoms with Gasteiger partial charge < -0.3 is 10.5 Å². The van der Waals surface area contributed by atoms with Crippen LogP contribution in [0.3, 0.4) is 0 Å². The van der Waals surface area contributed by atoms with Gasteiger partial charge in [-0.2, -0.15) is 0 Å². The van der Waals surface area contributed by atoms with Crippen LogP contribution in [0.5, 0.6) is 5.88 Å². The van der Waals surface area contributed by atoms with E-state index in [9.17, 15) is 0 Å². The Morgan fingerprint density at radius 3 is 2.86 bits per heavy atom. The number of rotatable bonds is 5. The maximum atomic E-state index is 5.67. The molecule has 1 heterocycles. The number of nitrogens with zero attached hydrogens (tertiary/aromatic N) is 1. The summed E-state index contributed by atoms with van der Waals surface area (Å²) in [6.07, 6.45) is 1.69. The molecule has 0 aliphatic rings. The summed E-state index contributed by atoms with van der Waals surface area (Å²) in [6, 6.07) is 3.67. The topological polar surface area (TPSA) is 48.1 Å². The van der Waals surface area contributed by atoms with Gasteiger partial charge in [0.05, 0.1) is 6.61 Å². The maximum Gasteiger partial charge on any atom is 0.213 e. The largest absolute Gasteiger partial charge is 0.477 e. The molecule has 0 amide bonds. The second-order valence-corrected chi connectivity index (χ2v) is 4.11. The van der Waals surface area contributed by atoms with Gasteiger partial charge in [-0.15, -0.1) is 11.6 Å². The van der Waals surface area contributed by atoms with E-state index in [0.29, 0.717) is 24.9 Å². The molecule has 1 atom stereocenters. The summed E-state index contributed by atoms with van der Waals surface area (Å²) in [5.41, 5.74) is 5.48. The van der Waals surface area contributed by atoms with Crippen LogP contribution in [0.1, 0.15) is 0 Å². The lowest BCUT2D eigenvalue weighted by atomic mass is 10.2. The van der Waals surface area contributed by atoms with Crippen molar-refractivity contribution in [3.05, 3.63) is 22.8 Å². The molecule has 5 heteroatoms. The first-order valence-electron chi connectivity index (χ1n) is 4.26. The number of alkyl halides is 1. The fraction of sp³-hybridized carbons (Fsp3) is 0.444. The van der Waals surface area contributed by atoms with Gasteiger partial charge in [0.15, 0.2) is 0 Å². The van der Waals surface area contributed by atoms with Gasteiger partial charge in [0.1, 0.15) is 0 Å². The Bertz CT molecular complexity index is 264. The Balaban J connectivity index is 2.41. The molecule has 1 rings (SSSR count). The quantitative estimate of drug-likeness (QED) is 0.839. The Morgan fingerprint density at radius 1 is 1.57 bits per heavy atom. The highest BCUT2D eigenvalue weighted by molar-refractivity contribution is 9.10. The van der Waals surface area contributed by atoms with Crippen LogP contribution < -0.4 is 10.5 Å². The van der Waals surface area contributed by atoms with Crippen molar-refractivity contribution in [2.24, 2.45) is 11.7 Å². The minimum atomic E-state index is 0.183. The van der Waals surface area contributed by atoms with E-state index >= 15 is 0 Å². The molecule has 2 N–H and O–H groups in total. The molecule has 1 aromatic rings. The van der Waals surface area contributed by atoms with Crippen LogP contribution in [0.15, 0.2) is 22.8 Å². The van der Waals surface area contributed by atoms with E-state index in [2.05, 4.69) is 20.9 Å². The zero-order valence-electron chi connectivity index (χ0n) is 7.62. The van der Waals surface area contributed by atoms with Crippen LogP contribution in [-0.2, 0) is 0 Å². The van der Waals surface area contributed by atoms with Gasteiger partial charge in [0, 0.05) is 28.5 Å². The van der Waals surface area contributed by atoms with E-state index in [1.54, 1.807) is 12.3 Å². The number of hydrogen-bond donors (Lipinski definition) is 1. The summed E-state index contributed by atoms with van der Waals surface area (Å²) in [4.78, 5) is 4.07. The summed E-state index contributed by atoms with van der Waals surface area (Å²) < 4.78 is 6.34. The molecule has 3 nitrogen and oxygen atoms in total. The average molecular weight is 280 g/mol. The second kappa shape index (κ2) is 6.22. The highest BCUT2D eigenvalue weighted by Crippen LogP contribution is 2.13. The first-order valence-corrected chi connectivity index (χ1v) is 5.59. The third-order valence-electron chi connectivity index (χ3n) is 1.72. The Hall–Kier alpha value is -0.320. The molecule has 1 unspecified atom stereocenters. The number of hydrogen-bond acceptors (Lipinski definition) is 3. The Morgan fingerprint density at radius 2 is 2.36 bits per heavy atom. The Kier molecular flexibility index (Phi) is 5.22. The van der Waals surface area contributed by atoms with E-state index in [0.717, 1.165) is 4.47 Å². The summed E-state index contributed by atoms with van der Waals surface area (Å²) >= 11 is 8.96. The van der Waals surface area contributed by atoms with E-state index in [-0.39, 0.29) is 5.92 Å². The van der Waals surface area contributed by atoms with Gasteiger partial charge in [0.25, 0.3) is 0 Å². The Labute approximate surface area is 96.7 Å². The molecule has 0 aliphatic carbocycles. The highest BCUT2D eigenvalue weighted by Gasteiger charge is 2.05. The monoisotopic (exact) mass is 278 g/mol. The molecule has 0 saturated carbocycles. The highest BCUT2D eigenvalue weighted by atomic mass is 79.9. The molecule has 0 saturated heterocycles. The minimum Gasteiger partial charge on any atom is -0.477 e. The summed E-state index contributed by atoms with van der Waals surface area (Å²) in [5.74, 6) is 1.28. The second-order valence-electron chi connectivity index (χ2n) is 2.88. The van der Waals surface area contributed by atoms with E-state index in [1.165, 1.54) is 0 Å². The third kappa shape index (κ3) is 3.82. The van der Waals surface area contributed by atoms with Crippen LogP contribution >= 0.6 is 27.5 Å². The van der Waals surface area contributed by atoms with Crippen molar-refractivity contribution in [2.75, 3.05) is 19.0 Å². The third-order valence-corrected chi connectivity index (χ3v) is 2.62. The van der Waals surface area contributed by atoms with E-state index < -0.39 is 0 Å². The van der Waals surface area contributed by atoms with Crippen molar-refractivity contribution in [3.8, 4) is 5.88 Å². The smallest absolute Gasteiger partial charge is 0.213 e.